The van der Waals surface area contributed by atoms with Gasteiger partial charge in [0, 0.05) is 22.7 Å². The van der Waals surface area contributed by atoms with Crippen LogP contribution < -0.4 is 10.6 Å². The average molecular weight is 350 g/mol. The molecular formula is C15H12ClN3OS2. The highest BCUT2D eigenvalue weighted by Crippen LogP contribution is 2.35. The van der Waals surface area contributed by atoms with E-state index in [1.54, 1.807) is 30.1 Å². The first-order valence-corrected chi connectivity index (χ1v) is 8.48. The molecule has 0 saturated heterocycles. The lowest BCUT2D eigenvalue weighted by atomic mass is 10.3. The van der Waals surface area contributed by atoms with E-state index in [2.05, 4.69) is 15.6 Å². The van der Waals surface area contributed by atoms with Crippen LogP contribution in [0.25, 0.3) is 10.2 Å². The molecule has 0 saturated carbocycles. The molecule has 0 bridgehead atoms. The third-order valence-corrected chi connectivity index (χ3v) is 5.20. The number of fused-ring (bicyclic) bond motifs is 1. The van der Waals surface area contributed by atoms with Crippen molar-refractivity contribution in [1.82, 2.24) is 10.3 Å². The minimum Gasteiger partial charge on any atom is -0.341 e. The summed E-state index contributed by atoms with van der Waals surface area (Å²) in [4.78, 5) is 16.9. The van der Waals surface area contributed by atoms with Gasteiger partial charge in [-0.3, -0.25) is 0 Å². The third kappa shape index (κ3) is 3.52. The van der Waals surface area contributed by atoms with Crippen LogP contribution in [0.2, 0.25) is 5.02 Å². The maximum atomic E-state index is 11.2. The number of nitrogens with zero attached hydrogens (tertiary/aromatic N) is 1. The molecule has 4 nitrogen and oxygen atoms in total. The van der Waals surface area contributed by atoms with E-state index in [-0.39, 0.29) is 6.03 Å². The average Bonchev–Trinajstić information content (AvgIpc) is 2.90. The lowest BCUT2D eigenvalue weighted by Gasteiger charge is -2.04. The van der Waals surface area contributed by atoms with Crippen LogP contribution in [-0.4, -0.2) is 18.1 Å². The molecule has 7 heteroatoms. The molecule has 0 aliphatic carbocycles. The number of hydrogen-bond acceptors (Lipinski definition) is 4. The summed E-state index contributed by atoms with van der Waals surface area (Å²) in [6.45, 7) is 0. The summed E-state index contributed by atoms with van der Waals surface area (Å²) in [7, 11) is 1.58. The lowest BCUT2D eigenvalue weighted by Crippen LogP contribution is -2.24. The summed E-state index contributed by atoms with van der Waals surface area (Å²) in [6.07, 6.45) is 0. The number of anilines is 1. The van der Waals surface area contributed by atoms with Gasteiger partial charge in [-0.1, -0.05) is 23.4 Å². The number of carbonyl (C=O) groups excluding carboxylic acids is 1. The normalized spacial score (nSPS) is 10.6. The Kier molecular flexibility index (Phi) is 4.52. The van der Waals surface area contributed by atoms with Crippen LogP contribution in [0.4, 0.5) is 10.5 Å². The molecule has 3 rings (SSSR count). The van der Waals surface area contributed by atoms with Gasteiger partial charge in [0.05, 0.1) is 10.2 Å². The predicted molar refractivity (Wildman–Crippen MR) is 93.3 cm³/mol. The molecule has 2 aromatic carbocycles. The molecule has 2 N–H and O–H groups in total. The second kappa shape index (κ2) is 6.56. The number of rotatable bonds is 3. The number of aromatic nitrogens is 1. The summed E-state index contributed by atoms with van der Waals surface area (Å²) in [5.74, 6) is 0. The maximum Gasteiger partial charge on any atom is 0.318 e. The Morgan fingerprint density at radius 3 is 2.73 bits per heavy atom. The smallest absolute Gasteiger partial charge is 0.318 e. The van der Waals surface area contributed by atoms with E-state index in [9.17, 15) is 4.79 Å². The molecule has 0 aliphatic heterocycles. The number of benzene rings is 2. The summed E-state index contributed by atoms with van der Waals surface area (Å²) in [5.41, 5.74) is 1.70. The lowest BCUT2D eigenvalue weighted by molar-refractivity contribution is 0.254. The first kappa shape index (κ1) is 15.1. The van der Waals surface area contributed by atoms with E-state index in [0.717, 1.165) is 30.2 Å². The van der Waals surface area contributed by atoms with Crippen molar-refractivity contribution in [2.24, 2.45) is 0 Å². The van der Waals surface area contributed by atoms with Crippen molar-refractivity contribution in [3.63, 3.8) is 0 Å². The SMILES string of the molecule is CNC(=O)Nc1ccc(Sc2nc3ccc(Cl)cc3s2)cc1. The van der Waals surface area contributed by atoms with Gasteiger partial charge in [-0.25, -0.2) is 9.78 Å². The van der Waals surface area contributed by atoms with Crippen molar-refractivity contribution < 1.29 is 4.79 Å². The van der Waals surface area contributed by atoms with E-state index < -0.39 is 0 Å². The van der Waals surface area contributed by atoms with Crippen LogP contribution in [0.1, 0.15) is 0 Å². The molecule has 0 fully saturated rings. The van der Waals surface area contributed by atoms with Crippen molar-refractivity contribution in [2.45, 2.75) is 9.24 Å². The van der Waals surface area contributed by atoms with Gasteiger partial charge in [-0.15, -0.1) is 11.3 Å². The van der Waals surface area contributed by atoms with Crippen molar-refractivity contribution in [3.8, 4) is 0 Å². The van der Waals surface area contributed by atoms with Crippen molar-refractivity contribution in [3.05, 3.63) is 47.5 Å². The molecular weight excluding hydrogens is 338 g/mol. The Morgan fingerprint density at radius 1 is 1.23 bits per heavy atom. The molecule has 22 heavy (non-hydrogen) atoms. The number of thiazole rings is 1. The first-order valence-electron chi connectivity index (χ1n) is 6.47. The van der Waals surface area contributed by atoms with E-state index in [1.807, 2.05) is 42.5 Å². The van der Waals surface area contributed by atoms with Crippen molar-refractivity contribution in [1.29, 1.82) is 0 Å². The fraction of sp³-hybridized carbons (Fsp3) is 0.0667. The molecule has 112 valence electrons. The monoisotopic (exact) mass is 349 g/mol. The Hall–Kier alpha value is -1.76. The highest BCUT2D eigenvalue weighted by molar-refractivity contribution is 8.01. The number of urea groups is 1. The predicted octanol–water partition coefficient (Wildman–Crippen LogP) is 4.85. The van der Waals surface area contributed by atoms with Crippen LogP contribution in [0, 0.1) is 0 Å². The zero-order chi connectivity index (χ0) is 15.5. The van der Waals surface area contributed by atoms with Crippen molar-refractivity contribution >= 4 is 56.6 Å². The van der Waals surface area contributed by atoms with Gasteiger partial charge in [0.1, 0.15) is 0 Å². The summed E-state index contributed by atoms with van der Waals surface area (Å²) in [6, 6.07) is 13.1. The van der Waals surface area contributed by atoms with Gasteiger partial charge in [0.2, 0.25) is 0 Å². The van der Waals surface area contributed by atoms with Crippen molar-refractivity contribution in [2.75, 3.05) is 12.4 Å². The minimum absolute atomic E-state index is 0.233. The molecule has 0 unspecified atom stereocenters. The summed E-state index contributed by atoms with van der Waals surface area (Å²) in [5, 5.41) is 5.96. The number of amides is 2. The highest BCUT2D eigenvalue weighted by Gasteiger charge is 2.06. The van der Waals surface area contributed by atoms with Gasteiger partial charge >= 0.3 is 6.03 Å². The molecule has 2 amide bonds. The number of halogens is 1. The molecule has 0 radical (unpaired) electrons. The van der Waals surface area contributed by atoms with Gasteiger partial charge in [0.15, 0.2) is 4.34 Å². The van der Waals surface area contributed by atoms with E-state index in [1.165, 1.54) is 0 Å². The largest absolute Gasteiger partial charge is 0.341 e. The Morgan fingerprint density at radius 2 is 2.00 bits per heavy atom. The summed E-state index contributed by atoms with van der Waals surface area (Å²) >= 11 is 9.19. The van der Waals surface area contributed by atoms with Gasteiger partial charge in [-0.2, -0.15) is 0 Å². The Bertz CT molecular complexity index is 817. The Balaban J connectivity index is 1.75. The fourth-order valence-electron chi connectivity index (χ4n) is 1.82. The van der Waals surface area contributed by atoms with Crippen LogP contribution >= 0.6 is 34.7 Å². The van der Waals surface area contributed by atoms with Gasteiger partial charge in [-0.05, 0) is 42.5 Å². The van der Waals surface area contributed by atoms with Crippen LogP contribution in [0.15, 0.2) is 51.7 Å². The van der Waals surface area contributed by atoms with E-state index in [4.69, 9.17) is 11.6 Å². The summed E-state index contributed by atoms with van der Waals surface area (Å²) < 4.78 is 2.04. The zero-order valence-corrected chi connectivity index (χ0v) is 14.0. The number of nitrogens with one attached hydrogen (secondary N) is 2. The van der Waals surface area contributed by atoms with Gasteiger partial charge in [0.25, 0.3) is 0 Å². The van der Waals surface area contributed by atoms with Crippen LogP contribution in [-0.2, 0) is 0 Å². The highest BCUT2D eigenvalue weighted by atomic mass is 35.5. The quantitative estimate of drug-likeness (QED) is 0.710. The minimum atomic E-state index is -0.233. The van der Waals surface area contributed by atoms with Crippen LogP contribution in [0.3, 0.4) is 0 Å². The fourth-order valence-corrected chi connectivity index (χ4v) is 4.14. The maximum absolute atomic E-state index is 11.2. The second-order valence-corrected chi connectivity index (χ2v) is 7.21. The molecule has 3 aromatic rings. The molecule has 1 heterocycles. The standard InChI is InChI=1S/C15H12ClN3OS2/c1-17-14(20)18-10-3-5-11(6-4-10)21-15-19-12-7-2-9(16)8-13(12)22-15/h2-8H,1H3,(H2,17,18,20). The third-order valence-electron chi connectivity index (χ3n) is 2.88. The zero-order valence-electron chi connectivity index (χ0n) is 11.6. The molecule has 0 spiro atoms. The Labute approximate surface area is 140 Å². The second-order valence-electron chi connectivity index (χ2n) is 4.42. The number of hydrogen-bond donors (Lipinski definition) is 2. The van der Waals surface area contributed by atoms with E-state index in [0.29, 0.717) is 0 Å². The first-order chi connectivity index (χ1) is 10.6. The number of carbonyl (C=O) groups is 1. The molecule has 0 aliphatic rings. The van der Waals surface area contributed by atoms with E-state index >= 15 is 0 Å². The van der Waals surface area contributed by atoms with Crippen LogP contribution in [0.5, 0.6) is 0 Å². The molecule has 0 atom stereocenters. The topological polar surface area (TPSA) is 54.0 Å². The molecule has 1 aromatic heterocycles. The van der Waals surface area contributed by atoms with Gasteiger partial charge < -0.3 is 10.6 Å².